The van der Waals surface area contributed by atoms with Crippen molar-refractivity contribution >= 4 is 5.69 Å². The summed E-state index contributed by atoms with van der Waals surface area (Å²) in [5.74, 6) is 0. The van der Waals surface area contributed by atoms with Gasteiger partial charge in [-0.1, -0.05) is 17.7 Å². The third-order valence-corrected chi connectivity index (χ3v) is 3.41. The molecule has 3 nitrogen and oxygen atoms in total. The molecule has 2 rings (SSSR count). The van der Waals surface area contributed by atoms with E-state index in [1.807, 2.05) is 0 Å². The van der Waals surface area contributed by atoms with Crippen molar-refractivity contribution in [3.05, 3.63) is 29.3 Å². The molecule has 2 atom stereocenters. The predicted molar refractivity (Wildman–Crippen MR) is 76.2 cm³/mol. The maximum Gasteiger partial charge on any atom is 0.0726 e. The summed E-state index contributed by atoms with van der Waals surface area (Å²) < 4.78 is 5.80. The normalized spacial score (nSPS) is 24.3. The van der Waals surface area contributed by atoms with Crippen LogP contribution >= 0.6 is 0 Å². The Morgan fingerprint density at radius 1 is 1.28 bits per heavy atom. The highest BCUT2D eigenvalue weighted by Crippen LogP contribution is 2.25. The summed E-state index contributed by atoms with van der Waals surface area (Å²) in [5, 5.41) is 0. The van der Waals surface area contributed by atoms with Crippen LogP contribution in [0.1, 0.15) is 25.0 Å². The quantitative estimate of drug-likeness (QED) is 0.890. The second-order valence-corrected chi connectivity index (χ2v) is 5.33. The molecule has 3 heteroatoms. The molecule has 0 saturated carbocycles. The van der Waals surface area contributed by atoms with Gasteiger partial charge in [-0.25, -0.2) is 0 Å². The lowest BCUT2D eigenvalue weighted by molar-refractivity contribution is -0.00525. The van der Waals surface area contributed by atoms with Gasteiger partial charge in [-0.15, -0.1) is 0 Å². The molecule has 100 valence electrons. The fraction of sp³-hybridized carbons (Fsp3) is 0.600. The smallest absolute Gasteiger partial charge is 0.0726 e. The molecule has 0 bridgehead atoms. The molecule has 1 heterocycles. The molecule has 2 unspecified atom stereocenters. The fourth-order valence-corrected chi connectivity index (χ4v) is 2.75. The summed E-state index contributed by atoms with van der Waals surface area (Å²) in [6.45, 7) is 9.04. The minimum absolute atomic E-state index is 0.292. The lowest BCUT2D eigenvalue weighted by Crippen LogP contribution is -2.45. The summed E-state index contributed by atoms with van der Waals surface area (Å²) in [4.78, 5) is 2.43. The molecule has 1 aliphatic rings. The Kier molecular flexibility index (Phi) is 4.25. The van der Waals surface area contributed by atoms with Crippen molar-refractivity contribution in [2.24, 2.45) is 5.73 Å². The van der Waals surface area contributed by atoms with Crippen LogP contribution in [0.3, 0.4) is 0 Å². The zero-order chi connectivity index (χ0) is 13.1. The van der Waals surface area contributed by atoms with E-state index in [9.17, 15) is 0 Å². The first-order valence-electron chi connectivity index (χ1n) is 6.80. The number of anilines is 1. The zero-order valence-corrected chi connectivity index (χ0v) is 11.6. The molecule has 0 spiro atoms. The molecule has 1 fully saturated rings. The van der Waals surface area contributed by atoms with Gasteiger partial charge in [0.2, 0.25) is 0 Å². The van der Waals surface area contributed by atoms with E-state index in [-0.39, 0.29) is 0 Å². The van der Waals surface area contributed by atoms with Crippen LogP contribution < -0.4 is 10.6 Å². The summed E-state index contributed by atoms with van der Waals surface area (Å²) in [6.07, 6.45) is 1.53. The Labute approximate surface area is 110 Å². The Hall–Kier alpha value is -1.06. The lowest BCUT2D eigenvalue weighted by Gasteiger charge is -2.38. The molecule has 1 aliphatic heterocycles. The van der Waals surface area contributed by atoms with E-state index in [2.05, 4.69) is 43.9 Å². The highest BCUT2D eigenvalue weighted by Gasteiger charge is 2.23. The summed E-state index contributed by atoms with van der Waals surface area (Å²) >= 11 is 0. The standard InChI is InChI=1S/C15H24N2O/c1-11-4-5-15(14(8-11)6-7-16)17-9-12(2)18-13(3)10-17/h4-5,8,12-13H,6-7,9-10,16H2,1-3H3. The van der Waals surface area contributed by atoms with Crippen LogP contribution in [0.25, 0.3) is 0 Å². The van der Waals surface area contributed by atoms with E-state index in [0.29, 0.717) is 18.8 Å². The fourth-order valence-electron chi connectivity index (χ4n) is 2.75. The van der Waals surface area contributed by atoms with Crippen LogP contribution in [0, 0.1) is 6.92 Å². The van der Waals surface area contributed by atoms with Crippen molar-refractivity contribution in [2.45, 2.75) is 39.4 Å². The minimum Gasteiger partial charge on any atom is -0.372 e. The van der Waals surface area contributed by atoms with Crippen molar-refractivity contribution in [3.8, 4) is 0 Å². The monoisotopic (exact) mass is 248 g/mol. The molecule has 0 amide bonds. The van der Waals surface area contributed by atoms with Gasteiger partial charge in [-0.05, 0) is 45.4 Å². The van der Waals surface area contributed by atoms with E-state index in [1.54, 1.807) is 0 Å². The lowest BCUT2D eigenvalue weighted by atomic mass is 10.0. The number of rotatable bonds is 3. The average Bonchev–Trinajstić information content (AvgIpc) is 2.28. The number of nitrogens with two attached hydrogens (primary N) is 1. The first-order chi connectivity index (χ1) is 8.60. The number of aryl methyl sites for hydroxylation is 1. The largest absolute Gasteiger partial charge is 0.372 e. The van der Waals surface area contributed by atoms with E-state index in [0.717, 1.165) is 19.5 Å². The molecule has 1 aromatic carbocycles. The van der Waals surface area contributed by atoms with Crippen LogP contribution in [-0.2, 0) is 11.2 Å². The first kappa shape index (κ1) is 13.4. The average molecular weight is 248 g/mol. The van der Waals surface area contributed by atoms with Crippen molar-refractivity contribution in [3.63, 3.8) is 0 Å². The number of ether oxygens (including phenoxy) is 1. The molecule has 0 radical (unpaired) electrons. The number of hydrogen-bond donors (Lipinski definition) is 1. The molecule has 1 aromatic rings. The predicted octanol–water partition coefficient (Wildman–Crippen LogP) is 2.11. The molecule has 18 heavy (non-hydrogen) atoms. The van der Waals surface area contributed by atoms with Gasteiger partial charge in [-0.2, -0.15) is 0 Å². The van der Waals surface area contributed by atoms with E-state index >= 15 is 0 Å². The van der Waals surface area contributed by atoms with Gasteiger partial charge in [0.05, 0.1) is 12.2 Å². The Bertz CT molecular complexity index is 395. The minimum atomic E-state index is 0.292. The molecule has 0 aromatic heterocycles. The molecular formula is C15H24N2O. The number of morpholine rings is 1. The second-order valence-electron chi connectivity index (χ2n) is 5.33. The third kappa shape index (κ3) is 3.03. The Morgan fingerprint density at radius 2 is 1.94 bits per heavy atom. The van der Waals surface area contributed by atoms with Gasteiger partial charge in [0.25, 0.3) is 0 Å². The highest BCUT2D eigenvalue weighted by atomic mass is 16.5. The third-order valence-electron chi connectivity index (χ3n) is 3.41. The molecular weight excluding hydrogens is 224 g/mol. The molecule has 0 aliphatic carbocycles. The summed E-state index contributed by atoms with van der Waals surface area (Å²) in [7, 11) is 0. The van der Waals surface area contributed by atoms with Gasteiger partial charge < -0.3 is 15.4 Å². The van der Waals surface area contributed by atoms with E-state index < -0.39 is 0 Å². The van der Waals surface area contributed by atoms with Crippen LogP contribution in [-0.4, -0.2) is 31.8 Å². The van der Waals surface area contributed by atoms with Crippen LogP contribution in [0.4, 0.5) is 5.69 Å². The van der Waals surface area contributed by atoms with Gasteiger partial charge in [0.15, 0.2) is 0 Å². The summed E-state index contributed by atoms with van der Waals surface area (Å²) in [6, 6.07) is 6.66. The topological polar surface area (TPSA) is 38.5 Å². The summed E-state index contributed by atoms with van der Waals surface area (Å²) in [5.41, 5.74) is 9.71. The van der Waals surface area contributed by atoms with Crippen molar-refractivity contribution in [1.82, 2.24) is 0 Å². The number of nitrogens with zero attached hydrogens (tertiary/aromatic N) is 1. The van der Waals surface area contributed by atoms with Gasteiger partial charge >= 0.3 is 0 Å². The number of benzene rings is 1. The van der Waals surface area contributed by atoms with Crippen LogP contribution in [0.15, 0.2) is 18.2 Å². The molecule has 1 saturated heterocycles. The van der Waals surface area contributed by atoms with Crippen molar-refractivity contribution in [1.29, 1.82) is 0 Å². The Morgan fingerprint density at radius 3 is 2.56 bits per heavy atom. The van der Waals surface area contributed by atoms with Gasteiger partial charge in [0.1, 0.15) is 0 Å². The molecule has 2 N–H and O–H groups in total. The zero-order valence-electron chi connectivity index (χ0n) is 11.6. The van der Waals surface area contributed by atoms with E-state index in [4.69, 9.17) is 10.5 Å². The maximum absolute atomic E-state index is 5.80. The Balaban J connectivity index is 2.25. The highest BCUT2D eigenvalue weighted by molar-refractivity contribution is 5.55. The first-order valence-corrected chi connectivity index (χ1v) is 6.80. The van der Waals surface area contributed by atoms with Crippen LogP contribution in [0.2, 0.25) is 0 Å². The van der Waals surface area contributed by atoms with Crippen molar-refractivity contribution in [2.75, 3.05) is 24.5 Å². The van der Waals surface area contributed by atoms with E-state index in [1.165, 1.54) is 16.8 Å². The van der Waals surface area contributed by atoms with Gasteiger partial charge in [-0.3, -0.25) is 0 Å². The van der Waals surface area contributed by atoms with Crippen LogP contribution in [0.5, 0.6) is 0 Å². The van der Waals surface area contributed by atoms with Crippen molar-refractivity contribution < 1.29 is 4.74 Å². The SMILES string of the molecule is Cc1ccc(N2CC(C)OC(C)C2)c(CCN)c1. The number of hydrogen-bond acceptors (Lipinski definition) is 3. The van der Waals surface area contributed by atoms with Gasteiger partial charge in [0, 0.05) is 18.8 Å². The second kappa shape index (κ2) is 5.72. The maximum atomic E-state index is 5.80.